The van der Waals surface area contributed by atoms with Gasteiger partial charge in [0.2, 0.25) is 35.4 Å². The van der Waals surface area contributed by atoms with Gasteiger partial charge in [0.1, 0.15) is 36.3 Å². The van der Waals surface area contributed by atoms with Crippen molar-refractivity contribution in [2.24, 2.45) is 67.3 Å². The number of hydrogen-bond acceptors (Lipinski definition) is 15. The van der Waals surface area contributed by atoms with Crippen LogP contribution < -0.4 is 89.2 Å². The van der Waals surface area contributed by atoms with E-state index in [-0.39, 0.29) is 82.9 Å². The van der Waals surface area contributed by atoms with E-state index >= 15 is 0 Å². The highest BCUT2D eigenvalue weighted by atomic mass is 16.4. The first-order valence-electron chi connectivity index (χ1n) is 23.9. The predicted octanol–water partition coefficient (Wildman–Crippen LogP) is -4.94. The number of carbonyl (C=O) groups excluding carboxylic acids is 6. The van der Waals surface area contributed by atoms with Crippen LogP contribution in [0.25, 0.3) is 0 Å². The van der Waals surface area contributed by atoms with Crippen LogP contribution in [0.5, 0.6) is 0 Å². The number of carboxylic acids is 1. The summed E-state index contributed by atoms with van der Waals surface area (Å²) in [4.78, 5) is 103. The second-order valence-electron chi connectivity index (χ2n) is 16.6. The molecule has 392 valence electrons. The Kier molecular flexibility index (Phi) is 35.5. The molecule has 0 unspecified atom stereocenters. The molecule has 0 aromatic heterocycles. The smallest absolute Gasteiger partial charge is 0.326 e. The summed E-state index contributed by atoms with van der Waals surface area (Å²) >= 11 is 0. The van der Waals surface area contributed by atoms with Crippen LogP contribution in [-0.2, 0) is 33.6 Å². The molecule has 0 aliphatic heterocycles. The second kappa shape index (κ2) is 38.5. The van der Waals surface area contributed by atoms with Crippen molar-refractivity contribution in [1.82, 2.24) is 31.9 Å². The number of nitrogens with zero attached hydrogens (tertiary/aromatic N) is 2. The number of aliphatic imine (C=N–C) groups is 2. The summed E-state index contributed by atoms with van der Waals surface area (Å²) in [6, 6.07) is -8.25. The number of nitrogens with two attached hydrogens (primary N) is 10. The van der Waals surface area contributed by atoms with E-state index in [0.717, 1.165) is 0 Å². The van der Waals surface area contributed by atoms with Gasteiger partial charge in [-0.2, -0.15) is 0 Å². The van der Waals surface area contributed by atoms with E-state index in [2.05, 4.69) is 41.9 Å². The molecule has 0 spiro atoms. The molecular formula is C42H86N18O8. The average Bonchev–Trinajstić information content (AvgIpc) is 3.29. The highest BCUT2D eigenvalue weighted by Gasteiger charge is 2.33. The van der Waals surface area contributed by atoms with Gasteiger partial charge in [-0.1, -0.05) is 6.42 Å². The Bertz CT molecular complexity index is 1550. The highest BCUT2D eigenvalue weighted by Crippen LogP contribution is 2.11. The van der Waals surface area contributed by atoms with Crippen molar-refractivity contribution in [2.75, 3.05) is 45.8 Å². The Morgan fingerprint density at radius 2 is 0.588 bits per heavy atom. The van der Waals surface area contributed by atoms with Crippen LogP contribution in [0.1, 0.15) is 122 Å². The third-order valence-electron chi connectivity index (χ3n) is 10.8. The van der Waals surface area contributed by atoms with Gasteiger partial charge in [0.25, 0.3) is 0 Å². The molecule has 0 heterocycles. The first-order chi connectivity index (χ1) is 32.4. The van der Waals surface area contributed by atoms with Crippen molar-refractivity contribution in [1.29, 1.82) is 0 Å². The lowest BCUT2D eigenvalue weighted by molar-refractivity contribution is -0.142. The number of carbonyl (C=O) groups is 7. The minimum atomic E-state index is -1.32. The number of aliphatic carboxylic acids is 1. The molecule has 0 radical (unpaired) electrons. The van der Waals surface area contributed by atoms with Crippen LogP contribution in [0, 0.1) is 0 Å². The third-order valence-corrected chi connectivity index (χ3v) is 10.8. The van der Waals surface area contributed by atoms with Gasteiger partial charge in [-0.15, -0.1) is 0 Å². The molecule has 0 saturated carbocycles. The molecule has 0 bridgehead atoms. The summed E-state index contributed by atoms with van der Waals surface area (Å²) in [6.45, 7) is 1.88. The van der Waals surface area contributed by atoms with Gasteiger partial charge < -0.3 is 94.3 Å². The monoisotopic (exact) mass is 971 g/mol. The Morgan fingerprint density at radius 1 is 0.353 bits per heavy atom. The normalized spacial score (nSPS) is 14.1. The molecule has 68 heavy (non-hydrogen) atoms. The minimum Gasteiger partial charge on any atom is -0.480 e. The van der Waals surface area contributed by atoms with Crippen molar-refractivity contribution in [2.45, 2.75) is 164 Å². The summed E-state index contributed by atoms with van der Waals surface area (Å²) in [5, 5.41) is 25.9. The summed E-state index contributed by atoms with van der Waals surface area (Å²) in [7, 11) is 0. The molecule has 0 rings (SSSR count). The average molecular weight is 971 g/mol. The fourth-order valence-electron chi connectivity index (χ4n) is 6.86. The molecule has 27 N–H and O–H groups in total. The van der Waals surface area contributed by atoms with Crippen LogP contribution in [0.4, 0.5) is 0 Å². The number of amides is 6. The quantitative estimate of drug-likeness (QED) is 0.0155. The first kappa shape index (κ1) is 62.6. The maximum atomic E-state index is 14.2. The van der Waals surface area contributed by atoms with Crippen molar-refractivity contribution < 1.29 is 38.7 Å². The number of guanidine groups is 2. The Balaban J connectivity index is 6.75. The topological polar surface area (TPSA) is 497 Å². The van der Waals surface area contributed by atoms with Crippen molar-refractivity contribution in [3.05, 3.63) is 0 Å². The molecule has 0 aliphatic carbocycles. The molecule has 0 aliphatic rings. The molecule has 7 atom stereocenters. The van der Waals surface area contributed by atoms with Crippen LogP contribution in [0.2, 0.25) is 0 Å². The predicted molar refractivity (Wildman–Crippen MR) is 262 cm³/mol. The van der Waals surface area contributed by atoms with Crippen molar-refractivity contribution in [3.63, 3.8) is 0 Å². The van der Waals surface area contributed by atoms with Crippen molar-refractivity contribution >= 4 is 53.3 Å². The Morgan fingerprint density at radius 3 is 0.853 bits per heavy atom. The Labute approximate surface area is 400 Å². The molecule has 0 aromatic rings. The number of unbranched alkanes of at least 4 members (excludes halogenated alkanes) is 5. The van der Waals surface area contributed by atoms with E-state index in [9.17, 15) is 38.7 Å². The van der Waals surface area contributed by atoms with E-state index in [0.29, 0.717) is 96.8 Å². The molecule has 26 heteroatoms. The molecule has 0 aromatic carbocycles. The highest BCUT2D eigenvalue weighted by molar-refractivity contribution is 5.97. The van der Waals surface area contributed by atoms with Gasteiger partial charge in [-0.3, -0.25) is 38.8 Å². The minimum absolute atomic E-state index is 0.0215. The van der Waals surface area contributed by atoms with E-state index in [4.69, 9.17) is 57.3 Å². The van der Waals surface area contributed by atoms with E-state index in [1.807, 2.05) is 0 Å². The van der Waals surface area contributed by atoms with Gasteiger partial charge in [0, 0.05) is 13.1 Å². The van der Waals surface area contributed by atoms with E-state index < -0.39 is 83.7 Å². The summed E-state index contributed by atoms with van der Waals surface area (Å²) in [5.41, 5.74) is 56.4. The number of rotatable bonds is 41. The summed E-state index contributed by atoms with van der Waals surface area (Å²) in [6.07, 6.45) is 6.30. The number of carboxylic acid groups (broad SMARTS) is 1. The molecule has 26 nitrogen and oxygen atoms in total. The van der Waals surface area contributed by atoms with Crippen molar-refractivity contribution in [3.8, 4) is 0 Å². The lowest BCUT2D eigenvalue weighted by atomic mass is 10.0. The standard InChI is InChI=1S/C42H86N18O8/c43-20-6-1-13-27(48)34(61)55-28(14-2-7-21-44)35(62)56-29(15-3-8-22-45)36(63)57-30(16-4-9-23-46)37(64)58-31(18-11-25-53-41(49)50)38(65)59-32(19-12-26-54-42(51)52)39(66)60-33(40(67)68)17-5-10-24-47/h27-33H,1-26,43-48H2,(H,55,61)(H,56,62)(H,57,63)(H,58,64)(H,59,65)(H,60,66)(H,67,68)(H4,49,50,53)(H4,51,52,54)/t27-,28-,29-,30-,31-,32-,33-/m0/s1. The number of hydrogen-bond donors (Lipinski definition) is 17. The van der Waals surface area contributed by atoms with Crippen LogP contribution in [0.15, 0.2) is 9.98 Å². The van der Waals surface area contributed by atoms with Gasteiger partial charge >= 0.3 is 5.97 Å². The van der Waals surface area contributed by atoms with Crippen LogP contribution >= 0.6 is 0 Å². The van der Waals surface area contributed by atoms with Crippen LogP contribution in [0.3, 0.4) is 0 Å². The fraction of sp³-hybridized carbons (Fsp3) is 0.786. The lowest BCUT2D eigenvalue weighted by Crippen LogP contribution is -2.59. The lowest BCUT2D eigenvalue weighted by Gasteiger charge is -2.28. The SMILES string of the molecule is NCCCC[C@H](NC(=O)[C@H](CCCN=C(N)N)NC(=O)[C@H](CCCN=C(N)N)NC(=O)[C@H](CCCCN)NC(=O)[C@H](CCCCN)NC(=O)[C@H](CCCCN)NC(=O)[C@@H](N)CCCCN)C(=O)O. The molecule has 0 fully saturated rings. The third kappa shape index (κ3) is 29.4. The maximum Gasteiger partial charge on any atom is 0.326 e. The largest absolute Gasteiger partial charge is 0.480 e. The molecule has 6 amide bonds. The van der Waals surface area contributed by atoms with Gasteiger partial charge in [0.15, 0.2) is 11.9 Å². The van der Waals surface area contributed by atoms with E-state index in [1.165, 1.54) is 0 Å². The summed E-state index contributed by atoms with van der Waals surface area (Å²) in [5.74, 6) is -5.92. The van der Waals surface area contributed by atoms with Gasteiger partial charge in [0.05, 0.1) is 6.04 Å². The Hall–Kier alpha value is -5.41. The summed E-state index contributed by atoms with van der Waals surface area (Å²) < 4.78 is 0. The van der Waals surface area contributed by atoms with Gasteiger partial charge in [-0.05, 0) is 148 Å². The fourth-order valence-corrected chi connectivity index (χ4v) is 6.86. The zero-order valence-electron chi connectivity index (χ0n) is 39.9. The zero-order valence-corrected chi connectivity index (χ0v) is 39.9. The van der Waals surface area contributed by atoms with Crippen LogP contribution in [-0.4, -0.2) is 147 Å². The maximum absolute atomic E-state index is 14.2. The second-order valence-corrected chi connectivity index (χ2v) is 16.6. The molecule has 0 saturated heterocycles. The number of nitrogens with one attached hydrogen (secondary N) is 6. The zero-order chi connectivity index (χ0) is 51.3. The van der Waals surface area contributed by atoms with E-state index in [1.54, 1.807) is 0 Å². The van der Waals surface area contributed by atoms with Gasteiger partial charge in [-0.25, -0.2) is 4.79 Å². The first-order valence-corrected chi connectivity index (χ1v) is 23.9. The molecular weight excluding hydrogens is 885 g/mol.